The van der Waals surface area contributed by atoms with Crippen LogP contribution < -0.4 is 21.0 Å². The number of hydrogen-bond acceptors (Lipinski definition) is 12. The van der Waals surface area contributed by atoms with Gasteiger partial charge >= 0.3 is 24.9 Å². The van der Waals surface area contributed by atoms with Crippen molar-refractivity contribution >= 4 is 48.2 Å². The second-order valence-electron chi connectivity index (χ2n) is 10.7. The number of aliphatic hydroxyl groups excluding tert-OH is 1. The van der Waals surface area contributed by atoms with Gasteiger partial charge in [0.05, 0.1) is 11.0 Å². The van der Waals surface area contributed by atoms with Crippen LogP contribution in [0.2, 0.25) is 5.02 Å². The van der Waals surface area contributed by atoms with Gasteiger partial charge in [0.15, 0.2) is 17.9 Å². The van der Waals surface area contributed by atoms with Crippen molar-refractivity contribution in [1.82, 2.24) is 25.4 Å². The zero-order valence-corrected chi connectivity index (χ0v) is 24.9. The molecule has 2 aromatic carbocycles. The molecule has 0 spiro atoms. The third-order valence-electron chi connectivity index (χ3n) is 7.62. The smallest absolute Gasteiger partial charge is 0.534 e. The fourth-order valence-electron chi connectivity index (χ4n) is 5.19. The Morgan fingerprint density at radius 1 is 1.15 bits per heavy atom. The number of fused-ring (bicyclic) bond motifs is 1. The highest BCUT2D eigenvalue weighted by atomic mass is 35.5. The van der Waals surface area contributed by atoms with Gasteiger partial charge < -0.3 is 46.1 Å². The summed E-state index contributed by atoms with van der Waals surface area (Å²) in [4.78, 5) is 57.2. The minimum atomic E-state index is -1.97. The maximum absolute atomic E-state index is 14.2. The van der Waals surface area contributed by atoms with Crippen molar-refractivity contribution in [2.75, 3.05) is 18.8 Å². The van der Waals surface area contributed by atoms with Crippen molar-refractivity contribution in [3.8, 4) is 17.2 Å². The molecular weight excluding hydrogens is 646 g/mol. The number of nitrogens with zero attached hydrogens (tertiary/aromatic N) is 3. The first-order valence-corrected chi connectivity index (χ1v) is 14.3. The van der Waals surface area contributed by atoms with Crippen LogP contribution in [0.4, 0.5) is 10.2 Å². The quantitative estimate of drug-likeness (QED) is 0.0618. The number of carbonyl (C=O) groups is 4. The molecule has 3 aromatic rings. The number of amides is 3. The molecule has 2 aliphatic heterocycles. The van der Waals surface area contributed by atoms with Crippen LogP contribution in [-0.2, 0) is 27.3 Å². The molecule has 2 unspecified atom stereocenters. The molecule has 3 atom stereocenters. The van der Waals surface area contributed by atoms with Gasteiger partial charge in [-0.15, -0.1) is 0 Å². The standard InChI is InChI=1S/C28H27BClFN6O10/c30-20-14(3-5-16(38)22(20)39)21(24(40)34-17-9-13-2-4-15(31)19(27(43)44)23(13)47-29(17)46)35-28(45)37-8-7-36(25(41)26(37)42)11-12-1-6-18(32)33-10-12/h1-6,10,17,21,28,35,38-39,45-46H,7-9,11H2,(H2,32,33)(H,34,40)(H,43,44)/t17-,21?,28?/m0/s1. The largest absolute Gasteiger partial charge is 0.547 e. The van der Waals surface area contributed by atoms with Crippen LogP contribution in [0.5, 0.6) is 17.2 Å². The summed E-state index contributed by atoms with van der Waals surface area (Å²) in [5.41, 5.74) is 5.36. The Morgan fingerprint density at radius 3 is 2.57 bits per heavy atom. The molecule has 0 saturated carbocycles. The van der Waals surface area contributed by atoms with Crippen molar-refractivity contribution in [3.05, 3.63) is 75.7 Å². The third-order valence-corrected chi connectivity index (χ3v) is 8.02. The van der Waals surface area contributed by atoms with Gasteiger partial charge in [0.2, 0.25) is 5.91 Å². The number of phenols is 2. The van der Waals surface area contributed by atoms with E-state index in [9.17, 15) is 49.0 Å². The number of rotatable bonds is 9. The normalized spacial score (nSPS) is 17.5. The van der Waals surface area contributed by atoms with Crippen LogP contribution in [0.1, 0.15) is 33.1 Å². The van der Waals surface area contributed by atoms with E-state index >= 15 is 0 Å². The lowest BCUT2D eigenvalue weighted by Gasteiger charge is -2.38. The summed E-state index contributed by atoms with van der Waals surface area (Å²) < 4.78 is 19.4. The summed E-state index contributed by atoms with van der Waals surface area (Å²) >= 11 is 6.23. The maximum Gasteiger partial charge on any atom is 0.547 e. The number of aromatic carboxylic acids is 1. The number of nitrogen functional groups attached to an aromatic ring is 1. The molecule has 2 aliphatic rings. The number of pyridine rings is 1. The molecule has 0 radical (unpaired) electrons. The van der Waals surface area contributed by atoms with Gasteiger partial charge in [-0.2, -0.15) is 0 Å². The first-order valence-electron chi connectivity index (χ1n) is 13.9. The van der Waals surface area contributed by atoms with Crippen LogP contribution in [0.3, 0.4) is 0 Å². The third kappa shape index (κ3) is 6.71. The van der Waals surface area contributed by atoms with Crippen LogP contribution >= 0.6 is 11.6 Å². The number of phenolic OH excluding ortho intramolecular Hbond substituents is 2. The highest BCUT2D eigenvalue weighted by Gasteiger charge is 2.42. The van der Waals surface area contributed by atoms with Gasteiger partial charge in [0, 0.05) is 31.4 Å². The van der Waals surface area contributed by atoms with E-state index in [1.165, 1.54) is 23.2 Å². The molecule has 3 amide bonds. The van der Waals surface area contributed by atoms with Crippen molar-refractivity contribution < 1.29 is 53.7 Å². The lowest BCUT2D eigenvalue weighted by molar-refractivity contribution is -0.166. The summed E-state index contributed by atoms with van der Waals surface area (Å²) in [7, 11) is -1.86. The Hall–Kier alpha value is -5.17. The molecular formula is C28H27BClFN6O10. The Kier molecular flexibility index (Phi) is 9.39. The van der Waals surface area contributed by atoms with Crippen LogP contribution in [0.15, 0.2) is 42.6 Å². The fourth-order valence-corrected chi connectivity index (χ4v) is 5.46. The summed E-state index contributed by atoms with van der Waals surface area (Å²) in [6, 6.07) is 5.77. The van der Waals surface area contributed by atoms with Crippen molar-refractivity contribution in [1.29, 1.82) is 0 Å². The Balaban J connectivity index is 1.36. The molecule has 246 valence electrons. The van der Waals surface area contributed by atoms with Gasteiger partial charge in [0.25, 0.3) is 0 Å². The van der Waals surface area contributed by atoms with Crippen molar-refractivity contribution in [2.45, 2.75) is 31.3 Å². The zero-order chi connectivity index (χ0) is 34.2. The van der Waals surface area contributed by atoms with E-state index in [1.807, 2.05) is 0 Å². The van der Waals surface area contributed by atoms with Crippen LogP contribution in [0.25, 0.3) is 0 Å². The topological polar surface area (TPSA) is 248 Å². The lowest BCUT2D eigenvalue weighted by Crippen LogP contribution is -2.62. The Labute approximate surface area is 270 Å². The molecule has 1 aromatic heterocycles. The molecule has 0 bridgehead atoms. The number of halogens is 2. The van der Waals surface area contributed by atoms with Gasteiger partial charge in [-0.1, -0.05) is 29.8 Å². The van der Waals surface area contributed by atoms with Crippen LogP contribution in [-0.4, -0.2) is 96.4 Å². The molecule has 3 heterocycles. The first-order chi connectivity index (χ1) is 22.3. The number of aromatic nitrogens is 1. The highest BCUT2D eigenvalue weighted by Crippen LogP contribution is 2.39. The average molecular weight is 673 g/mol. The number of piperazine rings is 1. The minimum absolute atomic E-state index is 0.00472. The second kappa shape index (κ2) is 13.3. The van der Waals surface area contributed by atoms with E-state index in [2.05, 4.69) is 15.6 Å². The molecule has 9 N–H and O–H groups in total. The van der Waals surface area contributed by atoms with Gasteiger partial charge in [-0.05, 0) is 35.7 Å². The SMILES string of the molecule is Nc1ccc(CN2CCN(C(O)NC(C(=O)N[C@H]3Cc4ccc(F)c(C(=O)O)c4OB3O)c3ccc(O)c(O)c3Cl)C(=O)C2=O)cn1. The molecule has 5 rings (SSSR count). The van der Waals surface area contributed by atoms with E-state index in [-0.39, 0.29) is 43.0 Å². The number of hydrogen-bond donors (Lipinski definition) is 8. The monoisotopic (exact) mass is 672 g/mol. The van der Waals surface area contributed by atoms with E-state index in [0.29, 0.717) is 5.56 Å². The van der Waals surface area contributed by atoms with Gasteiger partial charge in [-0.3, -0.25) is 24.6 Å². The molecule has 1 fully saturated rings. The summed E-state index contributed by atoms with van der Waals surface area (Å²) in [6.07, 6.45) is -0.735. The first kappa shape index (κ1) is 33.2. The predicted molar refractivity (Wildman–Crippen MR) is 160 cm³/mol. The number of carboxylic acid groups (broad SMARTS) is 1. The number of carboxylic acids is 1. The number of benzene rings is 2. The molecule has 1 saturated heterocycles. The van der Waals surface area contributed by atoms with E-state index in [4.69, 9.17) is 22.0 Å². The number of carbonyl (C=O) groups excluding carboxylic acids is 3. The predicted octanol–water partition coefficient (Wildman–Crippen LogP) is -0.517. The van der Waals surface area contributed by atoms with Crippen molar-refractivity contribution in [3.63, 3.8) is 0 Å². The lowest BCUT2D eigenvalue weighted by atomic mass is 9.72. The Morgan fingerprint density at radius 2 is 1.89 bits per heavy atom. The average Bonchev–Trinajstić information content (AvgIpc) is 3.02. The van der Waals surface area contributed by atoms with E-state index in [0.717, 1.165) is 23.1 Å². The number of nitrogens with one attached hydrogen (secondary N) is 2. The molecule has 16 nitrogen and oxygen atoms in total. The highest BCUT2D eigenvalue weighted by molar-refractivity contribution is 6.47. The maximum atomic E-state index is 14.2. The second-order valence-corrected chi connectivity index (χ2v) is 11.0. The zero-order valence-electron chi connectivity index (χ0n) is 24.1. The summed E-state index contributed by atoms with van der Waals surface area (Å²) in [6.45, 7) is -0.133. The van der Waals surface area contributed by atoms with Gasteiger partial charge in [-0.25, -0.2) is 14.2 Å². The molecule has 19 heteroatoms. The van der Waals surface area contributed by atoms with E-state index < -0.39 is 82.8 Å². The van der Waals surface area contributed by atoms with E-state index in [1.54, 1.807) is 6.07 Å². The van der Waals surface area contributed by atoms with Crippen LogP contribution in [0, 0.1) is 5.82 Å². The van der Waals surface area contributed by atoms with Crippen molar-refractivity contribution in [2.24, 2.45) is 0 Å². The number of aliphatic hydroxyl groups is 1. The number of aromatic hydroxyl groups is 2. The summed E-state index contributed by atoms with van der Waals surface area (Å²) in [5, 5.41) is 55.7. The van der Waals surface area contributed by atoms with Gasteiger partial charge in [0.1, 0.15) is 29.0 Å². The number of anilines is 1. The fraction of sp³-hybridized carbons (Fsp3) is 0.250. The Bertz CT molecular complexity index is 1750. The number of nitrogens with two attached hydrogens (primary N) is 1. The summed E-state index contributed by atoms with van der Waals surface area (Å²) in [5.74, 6) is -8.60. The minimum Gasteiger partial charge on any atom is -0.534 e. The molecule has 0 aliphatic carbocycles. The molecule has 47 heavy (non-hydrogen) atoms.